The first kappa shape index (κ1) is 13.5. The van der Waals surface area contributed by atoms with E-state index in [9.17, 15) is 13.6 Å². The molecule has 98 valence electrons. The third-order valence-electron chi connectivity index (χ3n) is 2.31. The largest absolute Gasteiger partial charge is 0.276 e. The van der Waals surface area contributed by atoms with Crippen LogP contribution in [-0.4, -0.2) is 23.4 Å². The van der Waals surface area contributed by atoms with Gasteiger partial charge < -0.3 is 0 Å². The number of aliphatic imine (C=N–C) groups is 1. The number of halogens is 2. The number of nitrogens with zero attached hydrogens (tertiary/aromatic N) is 2. The number of nitrogens with one attached hydrogen (secondary N) is 1. The molecule has 1 atom stereocenters. The summed E-state index contributed by atoms with van der Waals surface area (Å²) in [5.74, 6) is 0.652. The molecule has 1 unspecified atom stereocenters. The molecule has 1 aliphatic heterocycles. The van der Waals surface area contributed by atoms with Crippen LogP contribution < -0.4 is 5.43 Å². The summed E-state index contributed by atoms with van der Waals surface area (Å²) >= 11 is 1.16. The van der Waals surface area contributed by atoms with Crippen molar-refractivity contribution in [1.82, 2.24) is 5.43 Å². The van der Waals surface area contributed by atoms with E-state index in [1.54, 1.807) is 12.9 Å². The van der Waals surface area contributed by atoms with Crippen LogP contribution in [0.25, 0.3) is 0 Å². The number of hydrogen-bond donors (Lipinski definition) is 1. The van der Waals surface area contributed by atoms with E-state index in [0.717, 1.165) is 36.2 Å². The van der Waals surface area contributed by atoms with Gasteiger partial charge in [-0.3, -0.25) is 10.4 Å². The molecule has 1 aliphatic rings. The highest BCUT2D eigenvalue weighted by molar-refractivity contribution is 8.05. The topological polar surface area (TPSA) is 53.8 Å². The molecule has 0 saturated heterocycles. The van der Waals surface area contributed by atoms with Crippen LogP contribution in [-0.2, 0) is 4.79 Å². The maximum absolute atomic E-state index is 13.3. The quantitative estimate of drug-likeness (QED) is 0.524. The lowest BCUT2D eigenvalue weighted by Crippen LogP contribution is -2.16. The first-order valence-corrected chi connectivity index (χ1v) is 6.18. The fourth-order valence-corrected chi connectivity index (χ4v) is 2.21. The Balaban J connectivity index is 2.02. The molecule has 1 heterocycles. The highest BCUT2D eigenvalue weighted by Gasteiger charge is 2.20. The lowest BCUT2D eigenvalue weighted by atomic mass is 10.2. The first-order valence-electron chi connectivity index (χ1n) is 5.30. The molecule has 1 aromatic rings. The Labute approximate surface area is 112 Å². The van der Waals surface area contributed by atoms with Crippen LogP contribution in [0, 0.1) is 11.6 Å². The van der Waals surface area contributed by atoms with Gasteiger partial charge in [-0.05, 0) is 25.1 Å². The van der Waals surface area contributed by atoms with Crippen molar-refractivity contribution >= 4 is 29.6 Å². The van der Waals surface area contributed by atoms with Crippen molar-refractivity contribution < 1.29 is 13.6 Å². The predicted octanol–water partition coefficient (Wildman–Crippen LogP) is 2.10. The van der Waals surface area contributed by atoms with E-state index in [1.165, 1.54) is 0 Å². The molecule has 0 spiro atoms. The van der Waals surface area contributed by atoms with E-state index >= 15 is 0 Å². The zero-order valence-electron chi connectivity index (χ0n) is 9.85. The number of rotatable bonds is 3. The van der Waals surface area contributed by atoms with Gasteiger partial charge in [-0.15, -0.1) is 0 Å². The van der Waals surface area contributed by atoms with Crippen molar-refractivity contribution in [2.45, 2.75) is 12.4 Å². The minimum Gasteiger partial charge on any atom is -0.276 e. The van der Waals surface area contributed by atoms with Crippen LogP contribution in [0.3, 0.4) is 0 Å². The SMILES string of the molecule is CC1=NC(NN=Cc2cc(F)ccc2F)SC1=C=O. The van der Waals surface area contributed by atoms with E-state index in [0.29, 0.717) is 10.6 Å². The number of benzene rings is 1. The molecule has 0 radical (unpaired) electrons. The van der Waals surface area contributed by atoms with Gasteiger partial charge in [0.05, 0.1) is 11.9 Å². The average Bonchev–Trinajstić information content (AvgIpc) is 2.74. The maximum atomic E-state index is 13.3. The summed E-state index contributed by atoms with van der Waals surface area (Å²) in [7, 11) is 0. The van der Waals surface area contributed by atoms with Gasteiger partial charge >= 0.3 is 0 Å². The predicted molar refractivity (Wildman–Crippen MR) is 70.8 cm³/mol. The second kappa shape index (κ2) is 5.77. The molecule has 19 heavy (non-hydrogen) atoms. The molecule has 0 aromatic heterocycles. The number of allylic oxidation sites excluding steroid dienone is 1. The number of hydrogen-bond acceptors (Lipinski definition) is 5. The van der Waals surface area contributed by atoms with Gasteiger partial charge in [0, 0.05) is 5.56 Å². The van der Waals surface area contributed by atoms with E-state index < -0.39 is 17.1 Å². The monoisotopic (exact) mass is 281 g/mol. The van der Waals surface area contributed by atoms with E-state index in [1.807, 2.05) is 0 Å². The molecule has 0 bridgehead atoms. The third-order valence-corrected chi connectivity index (χ3v) is 3.36. The Morgan fingerprint density at radius 3 is 3.00 bits per heavy atom. The van der Waals surface area contributed by atoms with E-state index in [2.05, 4.69) is 15.5 Å². The van der Waals surface area contributed by atoms with Crippen LogP contribution in [0.2, 0.25) is 0 Å². The molecule has 0 saturated carbocycles. The Hall–Kier alpha value is -1.98. The van der Waals surface area contributed by atoms with Gasteiger partial charge in [-0.25, -0.2) is 13.6 Å². The van der Waals surface area contributed by atoms with Crippen molar-refractivity contribution in [2.75, 3.05) is 0 Å². The van der Waals surface area contributed by atoms with Crippen molar-refractivity contribution in [3.8, 4) is 0 Å². The first-order chi connectivity index (χ1) is 9.10. The molecule has 0 fully saturated rings. The molecular formula is C12H9F2N3OS. The van der Waals surface area contributed by atoms with Crippen molar-refractivity contribution in [2.24, 2.45) is 10.1 Å². The summed E-state index contributed by atoms with van der Waals surface area (Å²) in [5.41, 5.74) is 2.78. The van der Waals surface area contributed by atoms with Crippen LogP contribution in [0.5, 0.6) is 0 Å². The Morgan fingerprint density at radius 2 is 2.32 bits per heavy atom. The molecule has 1 aromatic carbocycles. The minimum atomic E-state index is -0.570. The lowest BCUT2D eigenvalue weighted by Gasteiger charge is -2.03. The van der Waals surface area contributed by atoms with Gasteiger partial charge in [-0.2, -0.15) is 5.10 Å². The van der Waals surface area contributed by atoms with Gasteiger partial charge in [0.2, 0.25) is 0 Å². The van der Waals surface area contributed by atoms with Crippen LogP contribution >= 0.6 is 11.8 Å². The van der Waals surface area contributed by atoms with Gasteiger partial charge in [0.15, 0.2) is 5.50 Å². The summed E-state index contributed by atoms with van der Waals surface area (Å²) in [4.78, 5) is 15.0. The van der Waals surface area contributed by atoms with Crippen LogP contribution in [0.15, 0.2) is 33.2 Å². The molecule has 0 aliphatic carbocycles. The van der Waals surface area contributed by atoms with Gasteiger partial charge in [0.1, 0.15) is 22.5 Å². The summed E-state index contributed by atoms with van der Waals surface area (Å²) in [6.07, 6.45) is 1.16. The summed E-state index contributed by atoms with van der Waals surface area (Å²) in [5, 5.41) is 3.78. The highest BCUT2D eigenvalue weighted by Crippen LogP contribution is 2.27. The van der Waals surface area contributed by atoms with E-state index in [-0.39, 0.29) is 5.56 Å². The molecule has 1 N–H and O–H groups in total. The molecule has 7 heteroatoms. The zero-order valence-corrected chi connectivity index (χ0v) is 10.7. The highest BCUT2D eigenvalue weighted by atomic mass is 32.2. The second-order valence-corrected chi connectivity index (χ2v) is 4.76. The number of thioether (sulfide) groups is 1. The van der Waals surface area contributed by atoms with Crippen molar-refractivity contribution in [3.05, 3.63) is 40.3 Å². The molecule has 4 nitrogen and oxygen atoms in total. The zero-order chi connectivity index (χ0) is 13.8. The van der Waals surface area contributed by atoms with Gasteiger partial charge in [-0.1, -0.05) is 11.8 Å². The Kier molecular flexibility index (Phi) is 4.09. The lowest BCUT2D eigenvalue weighted by molar-refractivity contribution is 0.569. The van der Waals surface area contributed by atoms with Crippen molar-refractivity contribution in [3.63, 3.8) is 0 Å². The number of hydrazone groups is 1. The Bertz CT molecular complexity index is 609. The van der Waals surface area contributed by atoms with E-state index in [4.69, 9.17) is 0 Å². The van der Waals surface area contributed by atoms with Crippen LogP contribution in [0.1, 0.15) is 12.5 Å². The molecule has 2 rings (SSSR count). The maximum Gasteiger partial charge on any atom is 0.186 e. The molecular weight excluding hydrogens is 272 g/mol. The summed E-state index contributed by atoms with van der Waals surface area (Å²) < 4.78 is 26.2. The smallest absolute Gasteiger partial charge is 0.186 e. The third kappa shape index (κ3) is 3.27. The standard InChI is InChI=1S/C12H9F2N3OS/c1-7-11(6-18)19-12(16-7)17-15-5-8-4-9(13)2-3-10(8)14/h2-5,12,17H,1H3. The van der Waals surface area contributed by atoms with Crippen molar-refractivity contribution in [1.29, 1.82) is 0 Å². The summed E-state index contributed by atoms with van der Waals surface area (Å²) in [6.45, 7) is 1.69. The fraction of sp³-hybridized carbons (Fsp3) is 0.167. The second-order valence-electron chi connectivity index (χ2n) is 3.67. The van der Waals surface area contributed by atoms with Gasteiger partial charge in [0.25, 0.3) is 0 Å². The minimum absolute atomic E-state index is 0.0300. The fourth-order valence-electron chi connectivity index (χ4n) is 1.40. The van der Waals surface area contributed by atoms with Crippen LogP contribution in [0.4, 0.5) is 8.78 Å². The number of carbonyl (C=O) groups excluding carboxylic acids is 1. The Morgan fingerprint density at radius 1 is 1.53 bits per heavy atom. The molecule has 0 amide bonds. The summed E-state index contributed by atoms with van der Waals surface area (Å²) in [6, 6.07) is 3.09. The normalized spacial score (nSPS) is 18.6. The average molecular weight is 281 g/mol.